The van der Waals surface area contributed by atoms with Gasteiger partial charge in [-0.1, -0.05) is 185 Å². The van der Waals surface area contributed by atoms with Gasteiger partial charge in [0.2, 0.25) is 17.7 Å². The van der Waals surface area contributed by atoms with Gasteiger partial charge < -0.3 is 46.2 Å². The van der Waals surface area contributed by atoms with Crippen LogP contribution in [0.1, 0.15) is 221 Å². The molecular formula is C95H124N6O10. The molecule has 4 saturated carbocycles. The quantitative estimate of drug-likeness (QED) is 0.0358. The molecule has 4 saturated heterocycles. The Morgan fingerprint density at radius 2 is 0.964 bits per heavy atom. The highest BCUT2D eigenvalue weighted by atomic mass is 16.5. The summed E-state index contributed by atoms with van der Waals surface area (Å²) in [6.45, 7) is 25.2. The molecule has 4 aliphatic heterocycles. The Morgan fingerprint density at radius 3 is 1.41 bits per heavy atom. The van der Waals surface area contributed by atoms with Crippen molar-refractivity contribution in [3.05, 3.63) is 188 Å². The predicted molar refractivity (Wildman–Crippen MR) is 433 cm³/mol. The summed E-state index contributed by atoms with van der Waals surface area (Å²) in [5.41, 5.74) is 20.0. The molecule has 3 amide bonds. The third-order valence-electron chi connectivity index (χ3n) is 30.7. The molecule has 16 heteroatoms. The van der Waals surface area contributed by atoms with Crippen molar-refractivity contribution in [1.29, 1.82) is 0 Å². The lowest BCUT2D eigenvalue weighted by atomic mass is 9.56. The molecule has 8 aliphatic carbocycles. The molecule has 0 unspecified atom stereocenters. The number of piperidine rings is 2. The van der Waals surface area contributed by atoms with E-state index in [0.29, 0.717) is 108 Å². The van der Waals surface area contributed by atoms with Crippen LogP contribution >= 0.6 is 0 Å². The molecule has 4 aromatic rings. The van der Waals surface area contributed by atoms with Crippen molar-refractivity contribution in [3.63, 3.8) is 0 Å². The summed E-state index contributed by atoms with van der Waals surface area (Å²) < 4.78 is 14.7. The minimum atomic E-state index is -0.832. The van der Waals surface area contributed by atoms with Crippen LogP contribution in [0.2, 0.25) is 0 Å². The zero-order chi connectivity index (χ0) is 78.0. The van der Waals surface area contributed by atoms with Crippen LogP contribution in [0.4, 0.5) is 0 Å². The van der Waals surface area contributed by atoms with Crippen molar-refractivity contribution in [3.8, 4) is 0 Å². The second-order valence-electron chi connectivity index (χ2n) is 37.1. The van der Waals surface area contributed by atoms with Crippen molar-refractivity contribution in [1.82, 2.24) is 25.8 Å². The van der Waals surface area contributed by atoms with E-state index >= 15 is 0 Å². The summed E-state index contributed by atoms with van der Waals surface area (Å²) in [6, 6.07) is 32.1. The van der Waals surface area contributed by atoms with Crippen molar-refractivity contribution in [2.24, 2.45) is 75.7 Å². The number of hydrogen-bond donors (Lipinski definition) is 6. The number of carbonyl (C=O) groups excluding carboxylic acids is 6. The fourth-order valence-electron chi connectivity index (χ4n) is 24.8. The molecule has 0 aromatic heterocycles. The van der Waals surface area contributed by atoms with Gasteiger partial charge in [0, 0.05) is 105 Å². The Hall–Kier alpha value is -7.02. The number of nitrogens with one attached hydrogen (secondary N) is 3. The maximum Gasteiger partial charge on any atom is 0.242 e. The standard InChI is InChI=1S/C50H65N3O6.C45H59N3O4/c1-30-25-44-46(33(4)50(59-44)22-20-39-40-17-16-37-27-38(55)19-21-49(37,5)42(40)28-41(39)32(50)3)53(29-30)24-23-51-48(58)43(52-45(56)18-11-31(2)54)26-34-12-14-36(15-13-34)47(57)35-9-7-6-8-10-35;1-27-22-40-41(48(26-27)21-20-47-43(51)39(46)23-30-10-12-32(13-11-30)42(50)31-8-6-5-7-9-31)29(3)45(52-40)19-17-35-36-15-14-33-24-34(49)16-18-44(33,4)38(36)25-37(35)28(45)2/h6-10,12-16,30,33,38-40,42-44,46,55H,11,17-29H2,1-5H3,(H,51,58)(H,52,56);5-14,27,29,34-36,38-41,49H,15-26,46H2,1-4H3,(H,47,51)/t30-,33+,38-,39-,40-,42-,43-,44+,46-,49-,50-;27-,29+,34-,35-,36-,38-,39-,40+,41-,44-,45-/m00/s1. The Balaban J connectivity index is 0.000000177. The first-order valence-corrected chi connectivity index (χ1v) is 42.7. The molecular weight excluding hydrogens is 1390 g/mol. The summed E-state index contributed by atoms with van der Waals surface area (Å²) in [5.74, 6) is 4.80. The summed E-state index contributed by atoms with van der Waals surface area (Å²) in [7, 11) is 0. The molecule has 4 heterocycles. The number of aliphatic hydroxyl groups excluding tert-OH is 2. The van der Waals surface area contributed by atoms with Crippen LogP contribution < -0.4 is 21.7 Å². The van der Waals surface area contributed by atoms with Gasteiger partial charge in [0.1, 0.15) is 11.8 Å². The zero-order valence-electron chi connectivity index (χ0n) is 67.5. The molecule has 594 valence electrons. The van der Waals surface area contributed by atoms with Gasteiger partial charge >= 0.3 is 0 Å². The van der Waals surface area contributed by atoms with Crippen LogP contribution in [0.25, 0.3) is 0 Å². The summed E-state index contributed by atoms with van der Waals surface area (Å²) >= 11 is 0. The van der Waals surface area contributed by atoms with Gasteiger partial charge in [-0.3, -0.25) is 33.8 Å². The number of nitrogens with two attached hydrogens (primary N) is 1. The van der Waals surface area contributed by atoms with Crippen LogP contribution in [0.3, 0.4) is 0 Å². The zero-order valence-corrected chi connectivity index (χ0v) is 67.5. The first-order chi connectivity index (χ1) is 53.2. The first-order valence-electron chi connectivity index (χ1n) is 42.7. The monoisotopic (exact) mass is 1510 g/mol. The average Bonchev–Trinajstić information content (AvgIpc) is 1.55. The molecule has 8 fully saturated rings. The number of fused-ring (bicyclic) bond motifs is 12. The fourth-order valence-corrected chi connectivity index (χ4v) is 24.8. The molecule has 2 spiro atoms. The average molecular weight is 1510 g/mol. The number of amides is 3. The van der Waals surface area contributed by atoms with Gasteiger partial charge in [-0.15, -0.1) is 0 Å². The maximum atomic E-state index is 13.9. The van der Waals surface area contributed by atoms with E-state index in [-0.39, 0.29) is 107 Å². The molecule has 16 nitrogen and oxygen atoms in total. The largest absolute Gasteiger partial charge is 0.393 e. The van der Waals surface area contributed by atoms with E-state index in [4.69, 9.17) is 15.2 Å². The SMILES string of the molecule is CC(=O)CCC(=O)N[C@@H](Cc1ccc(C(=O)c2ccccc2)cc1)C(=O)NCCN1C[C@@H](C)C[C@H]2O[C@]3(CC[C@@H]4C(=C3C)C[C@H]3[C@H]4CC=C4C[C@@H](O)CC[C@@]43C)[C@H](C)[C@@H]21.CC1=C2C[C@H]3[C@@H](CC=C4C[C@@H](O)CC[C@@]43C)[C@@H]2CC[C@]12O[C@@H]1C[C@H](C)CN(CCNC(=O)[C@@H](N)Cc3ccc(C(=O)c4ccccc4)cc3)[C@H]1[C@H]2C. The number of hydrogen-bond acceptors (Lipinski definition) is 13. The number of aliphatic hydroxyl groups is 2. The van der Waals surface area contributed by atoms with E-state index in [0.717, 1.165) is 114 Å². The predicted octanol–water partition coefficient (Wildman–Crippen LogP) is 13.8. The number of ether oxygens (including phenoxy) is 2. The number of likely N-dealkylation sites (tertiary alicyclic amines) is 2. The highest BCUT2D eigenvalue weighted by Gasteiger charge is 2.64. The summed E-state index contributed by atoms with van der Waals surface area (Å²) in [5, 5.41) is 30.2. The topological polar surface area (TPSA) is 230 Å². The number of ketones is 3. The molecule has 0 bridgehead atoms. The van der Waals surface area contributed by atoms with Gasteiger partial charge in [0.25, 0.3) is 0 Å². The number of carbonyl (C=O) groups is 6. The molecule has 4 aromatic carbocycles. The molecule has 22 atom stereocenters. The third kappa shape index (κ3) is 15.3. The lowest BCUT2D eigenvalue weighted by Crippen LogP contribution is -2.55. The van der Waals surface area contributed by atoms with Gasteiger partial charge in [-0.2, -0.15) is 0 Å². The number of benzene rings is 4. The minimum Gasteiger partial charge on any atom is -0.393 e. The van der Waals surface area contributed by atoms with Crippen LogP contribution in [-0.4, -0.2) is 154 Å². The van der Waals surface area contributed by atoms with Gasteiger partial charge in [0.15, 0.2) is 11.6 Å². The second-order valence-corrected chi connectivity index (χ2v) is 37.1. The lowest BCUT2D eigenvalue weighted by Gasteiger charge is -2.49. The number of rotatable bonds is 20. The van der Waals surface area contributed by atoms with E-state index in [1.165, 1.54) is 54.9 Å². The Kier molecular flexibility index (Phi) is 23.1. The van der Waals surface area contributed by atoms with Crippen LogP contribution in [0.15, 0.2) is 155 Å². The molecule has 7 N–H and O–H groups in total. The first kappa shape index (κ1) is 79.2. The van der Waals surface area contributed by atoms with Gasteiger partial charge in [0.05, 0.1) is 41.7 Å². The number of allylic oxidation sites excluding steroid dienone is 4. The Morgan fingerprint density at radius 1 is 0.541 bits per heavy atom. The van der Waals surface area contributed by atoms with E-state index in [1.807, 2.05) is 84.9 Å². The van der Waals surface area contributed by atoms with Gasteiger partial charge in [-0.05, 0) is 210 Å². The maximum absolute atomic E-state index is 13.9. The molecule has 111 heavy (non-hydrogen) atoms. The van der Waals surface area contributed by atoms with Crippen molar-refractivity contribution < 1.29 is 48.5 Å². The fraction of sp³-hybridized carbons (Fsp3) is 0.600. The van der Waals surface area contributed by atoms with Crippen LogP contribution in [-0.2, 0) is 41.5 Å². The number of nitrogens with zero attached hydrogens (tertiary/aromatic N) is 2. The second kappa shape index (κ2) is 32.3. The highest BCUT2D eigenvalue weighted by molar-refractivity contribution is 6.09. The molecule has 16 rings (SSSR count). The summed E-state index contributed by atoms with van der Waals surface area (Å²) in [4.78, 5) is 82.6. The van der Waals surface area contributed by atoms with Crippen molar-refractivity contribution in [2.45, 2.75) is 251 Å². The van der Waals surface area contributed by atoms with Crippen LogP contribution in [0, 0.1) is 70.0 Å². The van der Waals surface area contributed by atoms with Crippen LogP contribution in [0.5, 0.6) is 0 Å². The van der Waals surface area contributed by atoms with E-state index in [9.17, 15) is 39.0 Å². The lowest BCUT2D eigenvalue weighted by molar-refractivity contribution is -0.129. The van der Waals surface area contributed by atoms with Crippen molar-refractivity contribution >= 4 is 35.1 Å². The van der Waals surface area contributed by atoms with E-state index < -0.39 is 12.1 Å². The highest BCUT2D eigenvalue weighted by Crippen LogP contribution is 2.68. The smallest absolute Gasteiger partial charge is 0.242 e. The Bertz CT molecular complexity index is 4270. The molecule has 0 radical (unpaired) electrons. The van der Waals surface area contributed by atoms with Crippen molar-refractivity contribution in [2.75, 3.05) is 39.3 Å². The minimum absolute atomic E-state index is 0.0148. The van der Waals surface area contributed by atoms with Gasteiger partial charge in [-0.25, -0.2) is 0 Å². The van der Waals surface area contributed by atoms with E-state index in [1.54, 1.807) is 35.4 Å². The normalized spacial score (nSPS) is 35.7. The summed E-state index contributed by atoms with van der Waals surface area (Å²) in [6.07, 6.45) is 22.9. The third-order valence-corrected chi connectivity index (χ3v) is 30.7. The number of Topliss-reactive ketones (excluding diaryl/α,β-unsaturated/α-hetero) is 1. The van der Waals surface area contributed by atoms with E-state index in [2.05, 4.69) is 93.3 Å². The Labute approximate surface area is 659 Å². The molecule has 12 aliphatic rings.